The molecule has 1 aliphatic carbocycles. The fourth-order valence-electron chi connectivity index (χ4n) is 2.66. The molecule has 0 saturated heterocycles. The minimum Gasteiger partial charge on any atom is -0.306 e. The van der Waals surface area contributed by atoms with Crippen LogP contribution in [0.5, 0.6) is 0 Å². The number of aromatic nitrogens is 2. The Morgan fingerprint density at radius 3 is 2.67 bits per heavy atom. The van der Waals surface area contributed by atoms with Crippen LogP contribution in [0.4, 0.5) is 0 Å². The summed E-state index contributed by atoms with van der Waals surface area (Å²) in [4.78, 5) is 19.8. The van der Waals surface area contributed by atoms with Gasteiger partial charge in [0.15, 0.2) is 0 Å². The second-order valence-corrected chi connectivity index (χ2v) is 6.21. The molecule has 1 aliphatic rings. The highest BCUT2D eigenvalue weighted by Gasteiger charge is 2.29. The average molecular weight is 341 g/mol. The van der Waals surface area contributed by atoms with Gasteiger partial charge in [-0.25, -0.2) is 4.98 Å². The summed E-state index contributed by atoms with van der Waals surface area (Å²) in [5, 5.41) is 2.25. The zero-order valence-electron chi connectivity index (χ0n) is 11.3. The highest BCUT2D eigenvalue weighted by molar-refractivity contribution is 9.10. The van der Waals surface area contributed by atoms with Crippen LogP contribution in [-0.2, 0) is 0 Å². The Morgan fingerprint density at radius 1 is 1.10 bits per heavy atom. The number of rotatable bonds is 2. The van der Waals surface area contributed by atoms with E-state index in [1.54, 1.807) is 0 Å². The van der Waals surface area contributed by atoms with Gasteiger partial charge in [0.2, 0.25) is 0 Å². The molecule has 1 saturated carbocycles. The maximum absolute atomic E-state index is 12.2. The molecule has 3 nitrogen and oxygen atoms in total. The number of fused-ring (bicyclic) bond motifs is 1. The monoisotopic (exact) mass is 340 g/mol. The topological polar surface area (TPSA) is 45.8 Å². The van der Waals surface area contributed by atoms with Crippen LogP contribution in [0, 0.1) is 0 Å². The normalized spacial score (nSPS) is 14.5. The third kappa shape index (κ3) is 2.20. The fraction of sp³-hybridized carbons (Fsp3) is 0.176. The predicted molar refractivity (Wildman–Crippen MR) is 87.5 cm³/mol. The minimum atomic E-state index is -0.102. The maximum Gasteiger partial charge on any atom is 0.265 e. The molecule has 0 bridgehead atoms. The van der Waals surface area contributed by atoms with E-state index in [1.807, 2.05) is 24.3 Å². The van der Waals surface area contributed by atoms with E-state index in [2.05, 4.69) is 39.1 Å². The average Bonchev–Trinajstić information content (AvgIpc) is 3.34. The number of H-pyrrole nitrogens is 1. The number of aromatic amines is 1. The van der Waals surface area contributed by atoms with Gasteiger partial charge in [0.05, 0.1) is 5.69 Å². The summed E-state index contributed by atoms with van der Waals surface area (Å²) in [5.74, 6) is 1.08. The van der Waals surface area contributed by atoms with Crippen LogP contribution in [0.25, 0.3) is 22.2 Å². The van der Waals surface area contributed by atoms with Crippen molar-refractivity contribution in [2.45, 2.75) is 18.8 Å². The zero-order valence-corrected chi connectivity index (χ0v) is 12.9. The van der Waals surface area contributed by atoms with Crippen LogP contribution in [0.2, 0.25) is 0 Å². The Labute approximate surface area is 130 Å². The zero-order chi connectivity index (χ0) is 14.4. The molecule has 0 spiro atoms. The fourth-order valence-corrected chi connectivity index (χ4v) is 3.17. The molecule has 104 valence electrons. The van der Waals surface area contributed by atoms with Gasteiger partial charge in [-0.05, 0) is 39.5 Å². The molecule has 0 radical (unpaired) electrons. The summed E-state index contributed by atoms with van der Waals surface area (Å²) in [6.07, 6.45) is 2.23. The lowest BCUT2D eigenvalue weighted by atomic mass is 10.0. The lowest BCUT2D eigenvalue weighted by molar-refractivity contribution is 0.961. The maximum atomic E-state index is 12.2. The molecule has 4 heteroatoms. The lowest BCUT2D eigenvalue weighted by Gasteiger charge is -2.08. The summed E-state index contributed by atoms with van der Waals surface area (Å²) >= 11 is 3.37. The molecule has 3 aromatic rings. The first-order valence-electron chi connectivity index (χ1n) is 7.02. The number of nitrogens with one attached hydrogen (secondary N) is 1. The SMILES string of the molecule is O=c1[nH]c(-c2cccc3ccccc23)nc(C2CC2)c1Br. The molecule has 21 heavy (non-hydrogen) atoms. The van der Waals surface area contributed by atoms with E-state index in [1.165, 1.54) is 0 Å². The molecule has 0 amide bonds. The summed E-state index contributed by atoms with van der Waals surface area (Å²) in [7, 11) is 0. The van der Waals surface area contributed by atoms with E-state index in [0.29, 0.717) is 16.2 Å². The molecule has 1 fully saturated rings. The Morgan fingerprint density at radius 2 is 1.86 bits per heavy atom. The van der Waals surface area contributed by atoms with Gasteiger partial charge in [-0.1, -0.05) is 42.5 Å². The molecule has 0 atom stereocenters. The van der Waals surface area contributed by atoms with Gasteiger partial charge < -0.3 is 4.98 Å². The molecule has 1 N–H and O–H groups in total. The highest BCUT2D eigenvalue weighted by atomic mass is 79.9. The van der Waals surface area contributed by atoms with E-state index in [9.17, 15) is 4.79 Å². The van der Waals surface area contributed by atoms with Gasteiger partial charge in [0.1, 0.15) is 10.3 Å². The number of benzene rings is 2. The first kappa shape index (κ1) is 12.8. The van der Waals surface area contributed by atoms with Crippen molar-refractivity contribution < 1.29 is 0 Å². The van der Waals surface area contributed by atoms with Crippen molar-refractivity contribution in [3.05, 3.63) is 63.0 Å². The molecule has 1 heterocycles. The standard InChI is InChI=1S/C17H13BrN2O/c18-14-15(11-8-9-11)19-16(20-17(14)21)13-7-3-5-10-4-1-2-6-12(10)13/h1-7,11H,8-9H2,(H,19,20,21). The second kappa shape index (κ2) is 4.81. The number of hydrogen-bond acceptors (Lipinski definition) is 2. The van der Waals surface area contributed by atoms with Crippen LogP contribution in [0.15, 0.2) is 51.7 Å². The van der Waals surface area contributed by atoms with E-state index >= 15 is 0 Å². The molecular formula is C17H13BrN2O. The second-order valence-electron chi connectivity index (χ2n) is 5.41. The molecule has 2 aromatic carbocycles. The molecule has 0 unspecified atom stereocenters. The first-order chi connectivity index (χ1) is 10.2. The van der Waals surface area contributed by atoms with Crippen molar-refractivity contribution in [3.63, 3.8) is 0 Å². The van der Waals surface area contributed by atoms with Crippen molar-refractivity contribution in [1.29, 1.82) is 0 Å². The number of halogens is 1. The van der Waals surface area contributed by atoms with Crippen LogP contribution in [0.1, 0.15) is 24.5 Å². The smallest absolute Gasteiger partial charge is 0.265 e. The molecule has 4 rings (SSSR count). The Bertz CT molecular complexity index is 891. The van der Waals surface area contributed by atoms with Crippen molar-refractivity contribution >= 4 is 26.7 Å². The van der Waals surface area contributed by atoms with E-state index in [4.69, 9.17) is 4.98 Å². The largest absolute Gasteiger partial charge is 0.306 e. The summed E-state index contributed by atoms with van der Waals surface area (Å²) in [6.45, 7) is 0. The third-order valence-electron chi connectivity index (χ3n) is 3.90. The van der Waals surface area contributed by atoms with Gasteiger partial charge in [-0.2, -0.15) is 0 Å². The summed E-state index contributed by atoms with van der Waals surface area (Å²) in [6, 6.07) is 14.2. The van der Waals surface area contributed by atoms with E-state index < -0.39 is 0 Å². The van der Waals surface area contributed by atoms with Crippen molar-refractivity contribution in [1.82, 2.24) is 9.97 Å². The number of nitrogens with zero attached hydrogens (tertiary/aromatic N) is 1. The molecular weight excluding hydrogens is 328 g/mol. The van der Waals surface area contributed by atoms with Gasteiger partial charge in [-0.3, -0.25) is 4.79 Å². The van der Waals surface area contributed by atoms with Crippen molar-refractivity contribution in [3.8, 4) is 11.4 Å². The summed E-state index contributed by atoms with van der Waals surface area (Å²) in [5.41, 5.74) is 1.76. The Hall–Kier alpha value is -1.94. The first-order valence-corrected chi connectivity index (χ1v) is 7.81. The Balaban J connectivity index is 1.99. The van der Waals surface area contributed by atoms with Gasteiger partial charge >= 0.3 is 0 Å². The van der Waals surface area contributed by atoms with Crippen molar-refractivity contribution in [2.24, 2.45) is 0 Å². The van der Waals surface area contributed by atoms with Gasteiger partial charge in [0.25, 0.3) is 5.56 Å². The van der Waals surface area contributed by atoms with Crippen LogP contribution < -0.4 is 5.56 Å². The number of hydrogen-bond donors (Lipinski definition) is 1. The quantitative estimate of drug-likeness (QED) is 0.758. The molecule has 1 aromatic heterocycles. The van der Waals surface area contributed by atoms with Crippen LogP contribution in [-0.4, -0.2) is 9.97 Å². The van der Waals surface area contributed by atoms with E-state index in [0.717, 1.165) is 34.9 Å². The lowest BCUT2D eigenvalue weighted by Crippen LogP contribution is -2.13. The summed E-state index contributed by atoms with van der Waals surface area (Å²) < 4.78 is 0.578. The predicted octanol–water partition coefficient (Wildman–Crippen LogP) is 4.23. The highest BCUT2D eigenvalue weighted by Crippen LogP contribution is 2.41. The van der Waals surface area contributed by atoms with Crippen LogP contribution in [0.3, 0.4) is 0 Å². The van der Waals surface area contributed by atoms with Crippen LogP contribution >= 0.6 is 15.9 Å². The van der Waals surface area contributed by atoms with E-state index in [-0.39, 0.29) is 5.56 Å². The van der Waals surface area contributed by atoms with Gasteiger partial charge in [0, 0.05) is 11.5 Å². The minimum absolute atomic E-state index is 0.102. The van der Waals surface area contributed by atoms with Crippen molar-refractivity contribution in [2.75, 3.05) is 0 Å². The third-order valence-corrected chi connectivity index (χ3v) is 4.66. The molecule has 0 aliphatic heterocycles. The Kier molecular flexibility index (Phi) is 2.93. The van der Waals surface area contributed by atoms with Gasteiger partial charge in [-0.15, -0.1) is 0 Å².